The number of nitrogens with one attached hydrogen (secondary N) is 1. The minimum atomic E-state index is -3.57. The predicted octanol–water partition coefficient (Wildman–Crippen LogP) is 1.88. The first-order valence-electron chi connectivity index (χ1n) is 5.71. The number of benzene rings is 1. The number of nitrogen functional groups attached to an aromatic ring is 1. The molecule has 8 heteroatoms. The summed E-state index contributed by atoms with van der Waals surface area (Å²) < 4.78 is 28.7. The molecule has 0 amide bonds. The molecule has 1 aromatic heterocycles. The fraction of sp³-hybridized carbons (Fsp3) is 0.364. The van der Waals surface area contributed by atoms with Gasteiger partial charge in [-0.2, -0.15) is 12.7 Å². The second kappa shape index (κ2) is 4.95. The first kappa shape index (κ1) is 14.0. The van der Waals surface area contributed by atoms with E-state index < -0.39 is 10.2 Å². The van der Waals surface area contributed by atoms with E-state index in [4.69, 9.17) is 5.73 Å². The maximum Gasteiger partial charge on any atom is 0.303 e. The number of anilines is 2. The zero-order valence-corrected chi connectivity index (χ0v) is 12.5. The highest BCUT2D eigenvalue weighted by Gasteiger charge is 2.21. The third-order valence-corrected chi connectivity index (χ3v) is 5.43. The van der Waals surface area contributed by atoms with Crippen molar-refractivity contribution in [2.45, 2.75) is 19.9 Å². The third kappa shape index (κ3) is 2.96. The SMILES string of the molecule is CC(C)N(C)S(=O)(=O)Nc1nc2ccc(N)cc2s1. The lowest BCUT2D eigenvalue weighted by Crippen LogP contribution is -2.37. The molecule has 1 aromatic carbocycles. The minimum absolute atomic E-state index is 0.123. The average Bonchev–Trinajstić information content (AvgIpc) is 2.68. The molecule has 6 nitrogen and oxygen atoms in total. The molecule has 0 saturated heterocycles. The Kier molecular flexibility index (Phi) is 3.66. The fourth-order valence-electron chi connectivity index (χ4n) is 1.44. The van der Waals surface area contributed by atoms with Crippen LogP contribution in [0.4, 0.5) is 10.8 Å². The summed E-state index contributed by atoms with van der Waals surface area (Å²) in [6.45, 7) is 3.61. The highest BCUT2D eigenvalue weighted by molar-refractivity contribution is 7.90. The summed E-state index contributed by atoms with van der Waals surface area (Å²) in [5.74, 6) is 0. The van der Waals surface area contributed by atoms with Gasteiger partial charge < -0.3 is 5.73 Å². The summed E-state index contributed by atoms with van der Waals surface area (Å²) in [7, 11) is -2.04. The topological polar surface area (TPSA) is 88.3 Å². The molecule has 1 heterocycles. The van der Waals surface area contributed by atoms with Crippen LogP contribution in [-0.4, -0.2) is 30.8 Å². The predicted molar refractivity (Wildman–Crippen MR) is 79.5 cm³/mol. The zero-order chi connectivity index (χ0) is 14.2. The van der Waals surface area contributed by atoms with Gasteiger partial charge in [0.15, 0.2) is 5.13 Å². The number of rotatable bonds is 4. The van der Waals surface area contributed by atoms with Crippen LogP contribution in [0.3, 0.4) is 0 Å². The number of fused-ring (bicyclic) bond motifs is 1. The number of hydrogen-bond donors (Lipinski definition) is 2. The maximum absolute atomic E-state index is 12.0. The number of nitrogens with zero attached hydrogens (tertiary/aromatic N) is 2. The lowest BCUT2D eigenvalue weighted by atomic mass is 10.3. The molecule has 3 N–H and O–H groups in total. The Hall–Kier alpha value is -1.38. The lowest BCUT2D eigenvalue weighted by molar-refractivity contribution is 0.414. The molecule has 0 unspecified atom stereocenters. The van der Waals surface area contributed by atoms with Gasteiger partial charge in [0.1, 0.15) is 0 Å². The Morgan fingerprint density at radius 3 is 2.74 bits per heavy atom. The Bertz CT molecular complexity index is 694. The summed E-state index contributed by atoms with van der Waals surface area (Å²) in [4.78, 5) is 4.23. The van der Waals surface area contributed by atoms with Crippen molar-refractivity contribution in [2.75, 3.05) is 17.5 Å². The quantitative estimate of drug-likeness (QED) is 0.844. The second-order valence-electron chi connectivity index (χ2n) is 4.46. The first-order valence-corrected chi connectivity index (χ1v) is 7.97. The summed E-state index contributed by atoms with van der Waals surface area (Å²) in [6.07, 6.45) is 0. The Morgan fingerprint density at radius 1 is 1.42 bits per heavy atom. The van der Waals surface area contributed by atoms with Gasteiger partial charge in [-0.1, -0.05) is 11.3 Å². The van der Waals surface area contributed by atoms with Crippen LogP contribution < -0.4 is 10.5 Å². The molecular formula is C11H16N4O2S2. The largest absolute Gasteiger partial charge is 0.399 e. The van der Waals surface area contributed by atoms with Crippen LogP contribution in [0, 0.1) is 0 Å². The van der Waals surface area contributed by atoms with Crippen molar-refractivity contribution in [3.8, 4) is 0 Å². The van der Waals surface area contributed by atoms with Crippen molar-refractivity contribution in [1.82, 2.24) is 9.29 Å². The van der Waals surface area contributed by atoms with Crippen molar-refractivity contribution in [2.24, 2.45) is 0 Å². The zero-order valence-electron chi connectivity index (χ0n) is 10.9. The number of nitrogens with two attached hydrogens (primary N) is 1. The molecule has 0 saturated carbocycles. The molecular weight excluding hydrogens is 284 g/mol. The van der Waals surface area contributed by atoms with Crippen molar-refractivity contribution in [3.05, 3.63) is 18.2 Å². The van der Waals surface area contributed by atoms with Crippen LogP contribution in [0.25, 0.3) is 10.2 Å². The lowest BCUT2D eigenvalue weighted by Gasteiger charge is -2.20. The first-order chi connectivity index (χ1) is 8.79. The van der Waals surface area contributed by atoms with Crippen molar-refractivity contribution in [1.29, 1.82) is 0 Å². The van der Waals surface area contributed by atoms with Gasteiger partial charge in [-0.15, -0.1) is 0 Å². The van der Waals surface area contributed by atoms with Crippen molar-refractivity contribution >= 4 is 42.6 Å². The number of aromatic nitrogens is 1. The van der Waals surface area contributed by atoms with Crippen LogP contribution in [0.2, 0.25) is 0 Å². The van der Waals surface area contributed by atoms with E-state index >= 15 is 0 Å². The van der Waals surface area contributed by atoms with Gasteiger partial charge >= 0.3 is 10.2 Å². The van der Waals surface area contributed by atoms with Gasteiger partial charge in [0.2, 0.25) is 0 Å². The fourth-order valence-corrected chi connectivity index (χ4v) is 3.66. The Balaban J connectivity index is 2.31. The van der Waals surface area contributed by atoms with Crippen LogP contribution in [0.15, 0.2) is 18.2 Å². The standard InChI is InChI=1S/C11H16N4O2S2/c1-7(2)15(3)19(16,17)14-11-13-9-5-4-8(12)6-10(9)18-11/h4-7H,12H2,1-3H3,(H,13,14). The Morgan fingerprint density at radius 2 is 2.11 bits per heavy atom. The smallest absolute Gasteiger partial charge is 0.303 e. The number of thiazole rings is 1. The summed E-state index contributed by atoms with van der Waals surface area (Å²) in [5, 5.41) is 0.341. The van der Waals surface area contributed by atoms with Gasteiger partial charge in [-0.05, 0) is 32.0 Å². The van der Waals surface area contributed by atoms with Crippen LogP contribution in [0.5, 0.6) is 0 Å². The second-order valence-corrected chi connectivity index (χ2v) is 7.22. The van der Waals surface area contributed by atoms with E-state index in [1.807, 2.05) is 0 Å². The summed E-state index contributed by atoms with van der Waals surface area (Å²) >= 11 is 1.26. The van der Waals surface area contributed by atoms with E-state index in [0.29, 0.717) is 10.8 Å². The van der Waals surface area contributed by atoms with Crippen LogP contribution in [-0.2, 0) is 10.2 Å². The van der Waals surface area contributed by atoms with Crippen molar-refractivity contribution in [3.63, 3.8) is 0 Å². The van der Waals surface area contributed by atoms with Gasteiger partial charge in [0, 0.05) is 18.8 Å². The molecule has 0 fully saturated rings. The molecule has 0 aliphatic rings. The Labute approximate surface area is 116 Å². The minimum Gasteiger partial charge on any atom is -0.399 e. The molecule has 0 aliphatic carbocycles. The molecule has 2 aromatic rings. The maximum atomic E-state index is 12.0. The van der Waals surface area contributed by atoms with E-state index in [1.54, 1.807) is 32.0 Å². The summed E-state index contributed by atoms with van der Waals surface area (Å²) in [6, 6.07) is 5.16. The molecule has 104 valence electrons. The third-order valence-electron chi connectivity index (χ3n) is 2.74. The monoisotopic (exact) mass is 300 g/mol. The van der Waals surface area contributed by atoms with Gasteiger partial charge in [-0.3, -0.25) is 0 Å². The van der Waals surface area contributed by atoms with E-state index in [9.17, 15) is 8.42 Å². The number of hydrogen-bond acceptors (Lipinski definition) is 5. The summed E-state index contributed by atoms with van der Waals surface area (Å²) in [5.41, 5.74) is 7.04. The van der Waals surface area contributed by atoms with Gasteiger partial charge in [0.25, 0.3) is 0 Å². The molecule has 0 radical (unpaired) electrons. The normalized spacial score (nSPS) is 12.5. The molecule has 19 heavy (non-hydrogen) atoms. The highest BCUT2D eigenvalue weighted by Crippen LogP contribution is 2.28. The molecule has 2 rings (SSSR count). The molecule has 0 aliphatic heterocycles. The van der Waals surface area contributed by atoms with E-state index in [1.165, 1.54) is 22.7 Å². The highest BCUT2D eigenvalue weighted by atomic mass is 32.2. The molecule has 0 bridgehead atoms. The van der Waals surface area contributed by atoms with E-state index in [2.05, 4.69) is 9.71 Å². The average molecular weight is 300 g/mol. The van der Waals surface area contributed by atoms with Gasteiger partial charge in [-0.25, -0.2) is 9.71 Å². The molecule has 0 spiro atoms. The van der Waals surface area contributed by atoms with E-state index in [-0.39, 0.29) is 6.04 Å². The van der Waals surface area contributed by atoms with Crippen molar-refractivity contribution < 1.29 is 8.42 Å². The molecule has 0 atom stereocenters. The van der Waals surface area contributed by atoms with E-state index in [0.717, 1.165) is 10.2 Å². The van der Waals surface area contributed by atoms with Crippen LogP contribution in [0.1, 0.15) is 13.8 Å². The van der Waals surface area contributed by atoms with Gasteiger partial charge in [0.05, 0.1) is 10.2 Å². The van der Waals surface area contributed by atoms with Crippen LogP contribution >= 0.6 is 11.3 Å².